The Kier molecular flexibility index (Phi) is 1.58. The largest absolute Gasteiger partial charge is 0.477 e. The van der Waals surface area contributed by atoms with Crippen molar-refractivity contribution in [3.63, 3.8) is 0 Å². The van der Waals surface area contributed by atoms with Crippen molar-refractivity contribution < 1.29 is 17.7 Å². The first-order chi connectivity index (χ1) is 10.1. The fourth-order valence-corrected chi connectivity index (χ4v) is 6.17. The molecule has 106 valence electrons. The molecule has 0 saturated heterocycles. The van der Waals surface area contributed by atoms with E-state index in [9.17, 15) is 9.90 Å². The number of aliphatic hydroxyl groups is 1. The number of hydrogen-bond donors (Lipinski definition) is 1. The van der Waals surface area contributed by atoms with Gasteiger partial charge in [-0.1, -0.05) is 6.07 Å². The molecule has 2 saturated carbocycles. The highest BCUT2D eigenvalue weighted by molar-refractivity contribution is 14.1. The number of rotatable bonds is 1. The maximum absolute atomic E-state index is 12.4. The van der Waals surface area contributed by atoms with E-state index in [-0.39, 0.29) is 17.1 Å². The zero-order valence-electron chi connectivity index (χ0n) is 10.9. The van der Waals surface area contributed by atoms with Crippen molar-refractivity contribution in [2.24, 2.45) is 5.92 Å². The fourth-order valence-electron chi connectivity index (χ4n) is 5.82. The lowest BCUT2D eigenvalue weighted by molar-refractivity contribution is -0.130. The Bertz CT molecular complexity index is 802. The molecule has 0 aromatic heterocycles. The van der Waals surface area contributed by atoms with E-state index in [1.807, 2.05) is 29.1 Å². The number of ketones is 1. The van der Waals surface area contributed by atoms with Crippen molar-refractivity contribution in [1.29, 1.82) is 0 Å². The number of halogens is 1. The topological polar surface area (TPSA) is 55.8 Å². The molecule has 1 N–H and O–H groups in total. The van der Waals surface area contributed by atoms with Crippen molar-refractivity contribution >= 4 is 28.8 Å². The lowest BCUT2D eigenvalue weighted by Crippen LogP contribution is -2.59. The van der Waals surface area contributed by atoms with Crippen LogP contribution in [0.3, 0.4) is 0 Å². The first-order valence-corrected chi connectivity index (χ1v) is 8.05. The van der Waals surface area contributed by atoms with E-state index in [0.29, 0.717) is 11.5 Å². The van der Waals surface area contributed by atoms with Crippen LogP contribution in [0.5, 0.6) is 11.5 Å². The molecule has 4 aliphatic carbocycles. The number of benzene rings is 1. The quantitative estimate of drug-likeness (QED) is 0.741. The molecule has 4 nitrogen and oxygen atoms in total. The monoisotopic (exact) mass is 394 g/mol. The third-order valence-electron chi connectivity index (χ3n) is 6.55. The van der Waals surface area contributed by atoms with Gasteiger partial charge in [-0.3, -0.25) is 4.79 Å². The molecule has 2 spiro atoms. The van der Waals surface area contributed by atoms with Gasteiger partial charge in [0.2, 0.25) is 0 Å². The summed E-state index contributed by atoms with van der Waals surface area (Å²) in [6.07, 6.45) is 4.49. The van der Waals surface area contributed by atoms with E-state index in [2.05, 4.69) is 6.07 Å². The van der Waals surface area contributed by atoms with Crippen LogP contribution in [-0.2, 0) is 15.6 Å². The SMILES string of the molecule is O=C1C=CC2(O)[C@@H]3CC34C[C@@]23c2c4ccc(OI)c2OC13. The van der Waals surface area contributed by atoms with Crippen molar-refractivity contribution in [2.45, 2.75) is 35.4 Å². The van der Waals surface area contributed by atoms with Gasteiger partial charge in [0.1, 0.15) is 5.60 Å². The van der Waals surface area contributed by atoms with Gasteiger partial charge in [0.15, 0.2) is 46.4 Å². The first-order valence-electron chi connectivity index (χ1n) is 7.17. The Morgan fingerprint density at radius 3 is 3.10 bits per heavy atom. The van der Waals surface area contributed by atoms with E-state index in [1.165, 1.54) is 11.6 Å². The number of carbonyl (C=O) groups is 1. The molecule has 2 bridgehead atoms. The second kappa shape index (κ2) is 2.88. The molecule has 21 heavy (non-hydrogen) atoms. The van der Waals surface area contributed by atoms with Crippen LogP contribution in [0.25, 0.3) is 0 Å². The standard InChI is InChI=1S/C16H11IO4/c17-21-9-2-1-7-11-12(9)20-13-8(18)3-4-16(19)10-5-14(7,10)6-15(11,13)16/h1-4,10,13,19H,5-6H2/t10-,13?,14?,15+,16?/m1/s1. The third kappa shape index (κ3) is 0.848. The van der Waals surface area contributed by atoms with Crippen LogP contribution in [0.2, 0.25) is 0 Å². The van der Waals surface area contributed by atoms with Gasteiger partial charge in [-0.2, -0.15) is 0 Å². The van der Waals surface area contributed by atoms with Crippen molar-refractivity contribution in [3.8, 4) is 11.5 Å². The van der Waals surface area contributed by atoms with Gasteiger partial charge in [-0.15, -0.1) is 0 Å². The summed E-state index contributed by atoms with van der Waals surface area (Å²) in [5.41, 5.74) is 0.843. The minimum atomic E-state index is -0.937. The van der Waals surface area contributed by atoms with E-state index >= 15 is 0 Å². The van der Waals surface area contributed by atoms with Crippen LogP contribution in [0, 0.1) is 5.92 Å². The lowest BCUT2D eigenvalue weighted by atomic mass is 9.61. The van der Waals surface area contributed by atoms with E-state index in [4.69, 9.17) is 7.80 Å². The van der Waals surface area contributed by atoms with Crippen LogP contribution in [-0.4, -0.2) is 22.6 Å². The van der Waals surface area contributed by atoms with E-state index in [0.717, 1.165) is 18.4 Å². The highest BCUT2D eigenvalue weighted by Gasteiger charge is 2.87. The summed E-state index contributed by atoms with van der Waals surface area (Å²) < 4.78 is 11.4. The van der Waals surface area contributed by atoms with Crippen LogP contribution in [0.1, 0.15) is 24.0 Å². The van der Waals surface area contributed by atoms with Gasteiger partial charge in [-0.25, -0.2) is 0 Å². The van der Waals surface area contributed by atoms with Crippen LogP contribution < -0.4 is 7.80 Å². The molecule has 6 rings (SSSR count). The average Bonchev–Trinajstić information content (AvgIpc) is 2.91. The Morgan fingerprint density at radius 2 is 2.29 bits per heavy atom. The van der Waals surface area contributed by atoms with Crippen LogP contribution in [0.15, 0.2) is 24.3 Å². The molecule has 1 aromatic carbocycles. The average molecular weight is 394 g/mol. The summed E-state index contributed by atoms with van der Waals surface area (Å²) in [6.45, 7) is 0. The molecule has 1 aliphatic heterocycles. The number of fused-ring (bicyclic) bond motifs is 1. The van der Waals surface area contributed by atoms with Crippen LogP contribution in [0.4, 0.5) is 0 Å². The predicted molar refractivity (Wildman–Crippen MR) is 80.7 cm³/mol. The summed E-state index contributed by atoms with van der Waals surface area (Å²) in [7, 11) is 0. The highest BCUT2D eigenvalue weighted by atomic mass is 127. The zero-order chi connectivity index (χ0) is 14.2. The Labute approximate surface area is 134 Å². The summed E-state index contributed by atoms with van der Waals surface area (Å²) in [5.74, 6) is 1.50. The molecule has 0 radical (unpaired) electrons. The fraction of sp³-hybridized carbons (Fsp3) is 0.438. The Morgan fingerprint density at radius 1 is 1.43 bits per heavy atom. The minimum Gasteiger partial charge on any atom is -0.477 e. The molecule has 5 heteroatoms. The van der Waals surface area contributed by atoms with Gasteiger partial charge in [-0.05, 0) is 36.6 Å². The minimum absolute atomic E-state index is 0.0421. The van der Waals surface area contributed by atoms with Crippen molar-refractivity contribution in [3.05, 3.63) is 35.4 Å². The number of carbonyl (C=O) groups excluding carboxylic acids is 1. The first kappa shape index (κ1) is 11.5. The maximum Gasteiger partial charge on any atom is 0.196 e. The Balaban J connectivity index is 1.79. The maximum atomic E-state index is 12.4. The van der Waals surface area contributed by atoms with Crippen molar-refractivity contribution in [1.82, 2.24) is 0 Å². The molecule has 1 heterocycles. The Hall–Kier alpha value is -1.08. The molecule has 3 unspecified atom stereocenters. The van der Waals surface area contributed by atoms with Crippen molar-refractivity contribution in [2.75, 3.05) is 0 Å². The lowest BCUT2D eigenvalue weighted by Gasteiger charge is -2.44. The number of hydrogen-bond acceptors (Lipinski definition) is 4. The van der Waals surface area contributed by atoms with E-state index < -0.39 is 17.1 Å². The molecular weight excluding hydrogens is 383 g/mol. The van der Waals surface area contributed by atoms with Gasteiger partial charge >= 0.3 is 0 Å². The highest BCUT2D eigenvalue weighted by Crippen LogP contribution is 2.84. The summed E-state index contributed by atoms with van der Waals surface area (Å²) in [4.78, 5) is 12.4. The zero-order valence-corrected chi connectivity index (χ0v) is 13.1. The molecular formula is C16H11IO4. The second-order valence-corrected chi connectivity index (χ2v) is 7.45. The molecule has 5 atom stereocenters. The van der Waals surface area contributed by atoms with E-state index in [1.54, 1.807) is 6.08 Å². The summed E-state index contributed by atoms with van der Waals surface area (Å²) in [5, 5.41) is 11.4. The second-order valence-electron chi connectivity index (χ2n) is 7.01. The van der Waals surface area contributed by atoms with Gasteiger partial charge < -0.3 is 12.9 Å². The van der Waals surface area contributed by atoms with Gasteiger partial charge in [0, 0.05) is 16.9 Å². The van der Waals surface area contributed by atoms with Gasteiger partial charge in [0.05, 0.1) is 5.41 Å². The van der Waals surface area contributed by atoms with Gasteiger partial charge in [0.25, 0.3) is 0 Å². The predicted octanol–water partition coefficient (Wildman–Crippen LogP) is 1.96. The van der Waals surface area contributed by atoms with Crippen LogP contribution >= 0.6 is 23.0 Å². The number of ether oxygens (including phenoxy) is 1. The summed E-state index contributed by atoms with van der Waals surface area (Å²) >= 11 is 1.83. The molecule has 5 aliphatic rings. The molecule has 0 amide bonds. The molecule has 2 fully saturated rings. The third-order valence-corrected chi connectivity index (χ3v) is 7.02. The smallest absolute Gasteiger partial charge is 0.196 e. The summed E-state index contributed by atoms with van der Waals surface area (Å²) in [6, 6.07) is 4.03. The molecule has 1 aromatic rings. The normalized spacial score (nSPS) is 49.0.